The van der Waals surface area contributed by atoms with Gasteiger partial charge in [0.25, 0.3) is 0 Å². The highest BCUT2D eigenvalue weighted by molar-refractivity contribution is 5.85. The normalized spacial score (nSPS) is 16.8. The van der Waals surface area contributed by atoms with Crippen molar-refractivity contribution in [1.29, 1.82) is 0 Å². The van der Waals surface area contributed by atoms with E-state index < -0.39 is 0 Å². The van der Waals surface area contributed by atoms with Crippen molar-refractivity contribution in [2.45, 2.75) is 32.6 Å². The highest BCUT2D eigenvalue weighted by Crippen LogP contribution is 2.24. The Morgan fingerprint density at radius 3 is 2.87 bits per heavy atom. The zero-order valence-corrected chi connectivity index (χ0v) is 14.1. The van der Waals surface area contributed by atoms with Crippen LogP contribution in [-0.4, -0.2) is 23.2 Å². The summed E-state index contributed by atoms with van der Waals surface area (Å²) < 4.78 is 18.5. The Morgan fingerprint density at radius 1 is 1.35 bits per heavy atom. The fourth-order valence-electron chi connectivity index (χ4n) is 3.13. The number of hydrogen-bond acceptors (Lipinski definition) is 4. The molecule has 1 atom stereocenters. The van der Waals surface area contributed by atoms with Crippen LogP contribution in [0.15, 0.2) is 28.8 Å². The van der Waals surface area contributed by atoms with Gasteiger partial charge in [-0.25, -0.2) is 4.39 Å². The molecule has 4 nitrogen and oxygen atoms in total. The molecular formula is C17H23ClFN3O. The number of aromatic nitrogens is 2. The maximum Gasteiger partial charge on any atom is 0.226 e. The first-order chi connectivity index (χ1) is 10.7. The highest BCUT2D eigenvalue weighted by atomic mass is 35.5. The first kappa shape index (κ1) is 17.9. The molecule has 6 heteroatoms. The minimum atomic E-state index is -0.235. The van der Waals surface area contributed by atoms with E-state index in [1.165, 1.54) is 25.0 Å². The van der Waals surface area contributed by atoms with Crippen molar-refractivity contribution in [1.82, 2.24) is 15.5 Å². The van der Waals surface area contributed by atoms with Gasteiger partial charge >= 0.3 is 0 Å². The number of nitrogens with one attached hydrogen (secondary N) is 1. The third-order valence-corrected chi connectivity index (χ3v) is 4.45. The lowest BCUT2D eigenvalue weighted by Gasteiger charge is -2.27. The Hall–Kier alpha value is -1.46. The smallest absolute Gasteiger partial charge is 0.226 e. The van der Waals surface area contributed by atoms with Gasteiger partial charge in [-0.15, -0.1) is 12.4 Å². The summed E-state index contributed by atoms with van der Waals surface area (Å²) in [6, 6.07) is 6.52. The molecule has 0 aliphatic carbocycles. The van der Waals surface area contributed by atoms with Gasteiger partial charge < -0.3 is 9.84 Å². The van der Waals surface area contributed by atoms with E-state index in [0.717, 1.165) is 31.0 Å². The molecule has 0 spiro atoms. The predicted molar refractivity (Wildman–Crippen MR) is 89.2 cm³/mol. The summed E-state index contributed by atoms with van der Waals surface area (Å²) in [5.41, 5.74) is 0.860. The quantitative estimate of drug-likeness (QED) is 0.907. The average Bonchev–Trinajstić information content (AvgIpc) is 2.95. The van der Waals surface area contributed by atoms with Crippen LogP contribution in [0.4, 0.5) is 4.39 Å². The van der Waals surface area contributed by atoms with E-state index in [9.17, 15) is 4.39 Å². The Labute approximate surface area is 142 Å². The zero-order chi connectivity index (χ0) is 15.4. The maximum absolute atomic E-state index is 13.2. The van der Waals surface area contributed by atoms with Crippen molar-refractivity contribution in [2.24, 2.45) is 11.8 Å². The number of rotatable bonds is 5. The second kappa shape index (κ2) is 8.41. The van der Waals surface area contributed by atoms with Crippen LogP contribution < -0.4 is 5.32 Å². The summed E-state index contributed by atoms with van der Waals surface area (Å²) in [6.45, 7) is 4.46. The largest absolute Gasteiger partial charge is 0.339 e. The summed E-state index contributed by atoms with van der Waals surface area (Å²) >= 11 is 0. The van der Waals surface area contributed by atoms with Crippen LogP contribution in [0.2, 0.25) is 0 Å². The molecule has 1 aliphatic rings. The second-order valence-corrected chi connectivity index (χ2v) is 6.18. The van der Waals surface area contributed by atoms with Crippen molar-refractivity contribution in [3.05, 3.63) is 47.4 Å². The van der Waals surface area contributed by atoms with Gasteiger partial charge in [0.1, 0.15) is 5.82 Å². The van der Waals surface area contributed by atoms with Crippen LogP contribution in [0.1, 0.15) is 37.0 Å². The molecule has 0 saturated carbocycles. The van der Waals surface area contributed by atoms with E-state index in [4.69, 9.17) is 4.52 Å². The van der Waals surface area contributed by atoms with Gasteiger partial charge in [0.05, 0.1) is 0 Å². The summed E-state index contributed by atoms with van der Waals surface area (Å²) in [6.07, 6.45) is 3.75. The lowest BCUT2D eigenvalue weighted by Crippen LogP contribution is -2.31. The number of nitrogens with zero attached hydrogens (tertiary/aromatic N) is 2. The number of piperidine rings is 1. The minimum absolute atomic E-state index is 0. The zero-order valence-electron chi connectivity index (χ0n) is 13.3. The summed E-state index contributed by atoms with van der Waals surface area (Å²) in [7, 11) is 0. The van der Waals surface area contributed by atoms with Crippen molar-refractivity contribution < 1.29 is 8.91 Å². The molecule has 126 valence electrons. The second-order valence-electron chi connectivity index (χ2n) is 6.18. The number of benzene rings is 1. The van der Waals surface area contributed by atoms with Gasteiger partial charge in [0, 0.05) is 12.8 Å². The van der Waals surface area contributed by atoms with Gasteiger partial charge in [-0.3, -0.25) is 0 Å². The molecule has 2 heterocycles. The summed E-state index contributed by atoms with van der Waals surface area (Å²) in [5, 5.41) is 7.41. The van der Waals surface area contributed by atoms with Crippen LogP contribution in [0, 0.1) is 17.7 Å². The van der Waals surface area contributed by atoms with Crippen LogP contribution in [0.5, 0.6) is 0 Å². The highest BCUT2D eigenvalue weighted by Gasteiger charge is 2.22. The van der Waals surface area contributed by atoms with Gasteiger partial charge in [-0.05, 0) is 55.5 Å². The topological polar surface area (TPSA) is 51.0 Å². The van der Waals surface area contributed by atoms with E-state index >= 15 is 0 Å². The summed E-state index contributed by atoms with van der Waals surface area (Å²) in [5.74, 6) is 2.35. The molecule has 1 aliphatic heterocycles. The first-order valence-electron chi connectivity index (χ1n) is 7.97. The van der Waals surface area contributed by atoms with Gasteiger partial charge in [0.15, 0.2) is 5.82 Å². The van der Waals surface area contributed by atoms with E-state index in [1.807, 2.05) is 6.07 Å². The van der Waals surface area contributed by atoms with Crippen LogP contribution >= 0.6 is 12.4 Å². The Morgan fingerprint density at radius 2 is 2.13 bits per heavy atom. The maximum atomic E-state index is 13.2. The summed E-state index contributed by atoms with van der Waals surface area (Å²) in [4.78, 5) is 4.45. The minimum Gasteiger partial charge on any atom is -0.339 e. The molecule has 1 unspecified atom stereocenters. The standard InChI is InChI=1S/C17H22FN3O.ClH/c1-12(14-5-7-19-8-6-14)9-17-20-16(21-22-17)11-13-3-2-4-15(18)10-13;/h2-4,10,12,14,19H,5-9,11H2,1H3;1H. The van der Waals surface area contributed by atoms with Crippen molar-refractivity contribution >= 4 is 12.4 Å². The van der Waals surface area contributed by atoms with Crippen LogP contribution in [0.25, 0.3) is 0 Å². The van der Waals surface area contributed by atoms with Crippen LogP contribution in [-0.2, 0) is 12.8 Å². The Bertz CT molecular complexity index is 613. The van der Waals surface area contributed by atoms with Crippen molar-refractivity contribution in [3.8, 4) is 0 Å². The molecule has 1 aromatic carbocycles. The van der Waals surface area contributed by atoms with Crippen molar-refractivity contribution in [3.63, 3.8) is 0 Å². The fraction of sp³-hybridized carbons (Fsp3) is 0.529. The lowest BCUT2D eigenvalue weighted by atomic mass is 9.84. The monoisotopic (exact) mass is 339 g/mol. The number of hydrogen-bond donors (Lipinski definition) is 1. The average molecular weight is 340 g/mol. The van der Waals surface area contributed by atoms with Gasteiger partial charge in [-0.1, -0.05) is 24.2 Å². The molecule has 2 aromatic rings. The van der Waals surface area contributed by atoms with E-state index in [1.54, 1.807) is 6.07 Å². The predicted octanol–water partition coefficient (Wildman–Crippen LogP) is 3.40. The van der Waals surface area contributed by atoms with E-state index in [0.29, 0.717) is 24.1 Å². The Kier molecular flexibility index (Phi) is 6.54. The molecule has 1 aromatic heterocycles. The molecule has 0 bridgehead atoms. The Balaban J connectivity index is 0.00000192. The molecule has 23 heavy (non-hydrogen) atoms. The number of halogens is 2. The molecular weight excluding hydrogens is 317 g/mol. The molecule has 0 radical (unpaired) electrons. The van der Waals surface area contributed by atoms with E-state index in [-0.39, 0.29) is 18.2 Å². The van der Waals surface area contributed by atoms with Gasteiger partial charge in [0.2, 0.25) is 5.89 Å². The lowest BCUT2D eigenvalue weighted by molar-refractivity contribution is 0.252. The molecule has 1 fully saturated rings. The fourth-order valence-corrected chi connectivity index (χ4v) is 3.13. The molecule has 0 amide bonds. The van der Waals surface area contributed by atoms with E-state index in [2.05, 4.69) is 22.4 Å². The van der Waals surface area contributed by atoms with Crippen LogP contribution in [0.3, 0.4) is 0 Å². The molecule has 3 rings (SSSR count). The molecule has 1 N–H and O–H groups in total. The SMILES string of the molecule is CC(Cc1nc(Cc2cccc(F)c2)no1)C1CCNCC1.Cl. The third kappa shape index (κ3) is 5.01. The van der Waals surface area contributed by atoms with Crippen molar-refractivity contribution in [2.75, 3.05) is 13.1 Å². The third-order valence-electron chi connectivity index (χ3n) is 4.45. The first-order valence-corrected chi connectivity index (χ1v) is 7.97. The van der Waals surface area contributed by atoms with Gasteiger partial charge in [-0.2, -0.15) is 4.98 Å². The molecule has 1 saturated heterocycles.